The maximum atomic E-state index is 5.73. The summed E-state index contributed by atoms with van der Waals surface area (Å²) in [6.45, 7) is 1.69. The second-order valence-electron chi connectivity index (χ2n) is 3.53. The van der Waals surface area contributed by atoms with Crippen molar-refractivity contribution in [2.45, 2.75) is 25.4 Å². The Morgan fingerprint density at radius 3 is 3.07 bits per heavy atom. The van der Waals surface area contributed by atoms with Crippen LogP contribution in [-0.4, -0.2) is 24.6 Å². The van der Waals surface area contributed by atoms with Gasteiger partial charge in [-0.3, -0.25) is 0 Å². The topological polar surface area (TPSA) is 38.0 Å². The smallest absolute Gasteiger partial charge is 0.0302 e. The van der Waals surface area contributed by atoms with E-state index in [1.165, 1.54) is 23.5 Å². The molecule has 0 fully saturated rings. The first-order valence-corrected chi connectivity index (χ1v) is 7.59. The van der Waals surface area contributed by atoms with E-state index in [0.717, 1.165) is 13.1 Å². The summed E-state index contributed by atoms with van der Waals surface area (Å²) in [7, 11) is 0. The number of thiophene rings is 1. The maximum Gasteiger partial charge on any atom is 0.0302 e. The fourth-order valence-electron chi connectivity index (χ4n) is 1.44. The highest BCUT2D eigenvalue weighted by atomic mass is 32.2. The first kappa shape index (κ1) is 13.0. The number of nitrogens with two attached hydrogens (primary N) is 1. The summed E-state index contributed by atoms with van der Waals surface area (Å²) in [4.78, 5) is 1.39. The van der Waals surface area contributed by atoms with Gasteiger partial charge in [-0.15, -0.1) is 11.3 Å². The van der Waals surface area contributed by atoms with Gasteiger partial charge < -0.3 is 11.1 Å². The summed E-state index contributed by atoms with van der Waals surface area (Å²) in [6, 6.07) is 4.72. The van der Waals surface area contributed by atoms with Crippen molar-refractivity contribution in [3.05, 3.63) is 22.4 Å². The van der Waals surface area contributed by atoms with Crippen LogP contribution in [-0.2, 0) is 6.54 Å². The minimum atomic E-state index is 0.472. The van der Waals surface area contributed by atoms with Crippen molar-refractivity contribution in [2.24, 2.45) is 5.73 Å². The Labute approximate surface area is 101 Å². The normalized spacial score (nSPS) is 12.9. The van der Waals surface area contributed by atoms with Crippen molar-refractivity contribution >= 4 is 23.1 Å². The Morgan fingerprint density at radius 2 is 2.47 bits per heavy atom. The molecule has 0 saturated carbocycles. The molecule has 0 amide bonds. The van der Waals surface area contributed by atoms with Crippen molar-refractivity contribution in [3.63, 3.8) is 0 Å². The molecule has 86 valence electrons. The molecule has 1 aromatic rings. The van der Waals surface area contributed by atoms with Gasteiger partial charge in [0.05, 0.1) is 0 Å². The van der Waals surface area contributed by atoms with Crippen LogP contribution in [0, 0.1) is 0 Å². The van der Waals surface area contributed by atoms with Gasteiger partial charge in [-0.25, -0.2) is 0 Å². The lowest BCUT2D eigenvalue weighted by molar-refractivity contribution is 0.486. The summed E-state index contributed by atoms with van der Waals surface area (Å²) in [5, 5.41) is 5.62. The van der Waals surface area contributed by atoms with Crippen LogP contribution in [0.25, 0.3) is 0 Å². The van der Waals surface area contributed by atoms with Crippen molar-refractivity contribution in [3.8, 4) is 0 Å². The summed E-state index contributed by atoms with van der Waals surface area (Å²) in [5.74, 6) is 1.23. The Kier molecular flexibility index (Phi) is 7.09. The first-order valence-electron chi connectivity index (χ1n) is 5.31. The maximum absolute atomic E-state index is 5.73. The zero-order chi connectivity index (χ0) is 10.9. The van der Waals surface area contributed by atoms with Gasteiger partial charge in [-0.05, 0) is 36.3 Å². The molecule has 2 nitrogen and oxygen atoms in total. The predicted molar refractivity (Wildman–Crippen MR) is 71.6 cm³/mol. The molecule has 0 aliphatic carbocycles. The predicted octanol–water partition coefficient (Wildman–Crippen LogP) is 2.31. The van der Waals surface area contributed by atoms with E-state index >= 15 is 0 Å². The van der Waals surface area contributed by atoms with Gasteiger partial charge in [0.15, 0.2) is 0 Å². The molecule has 1 rings (SSSR count). The van der Waals surface area contributed by atoms with E-state index in [9.17, 15) is 0 Å². The Balaban J connectivity index is 2.16. The van der Waals surface area contributed by atoms with Gasteiger partial charge >= 0.3 is 0 Å². The molecule has 15 heavy (non-hydrogen) atoms. The van der Waals surface area contributed by atoms with Crippen LogP contribution in [0.3, 0.4) is 0 Å². The molecule has 0 aliphatic heterocycles. The van der Waals surface area contributed by atoms with Crippen molar-refractivity contribution in [1.82, 2.24) is 5.32 Å². The molecule has 0 bridgehead atoms. The minimum absolute atomic E-state index is 0.472. The number of hydrogen-bond acceptors (Lipinski definition) is 4. The molecule has 1 aromatic heterocycles. The van der Waals surface area contributed by atoms with Gasteiger partial charge in [0.2, 0.25) is 0 Å². The second kappa shape index (κ2) is 8.16. The lowest BCUT2D eigenvalue weighted by Crippen LogP contribution is -2.35. The Hall–Kier alpha value is -0.0300. The van der Waals surface area contributed by atoms with Gasteiger partial charge in [-0.1, -0.05) is 6.07 Å². The fraction of sp³-hybridized carbons (Fsp3) is 0.636. The highest BCUT2D eigenvalue weighted by Crippen LogP contribution is 2.09. The quantitative estimate of drug-likeness (QED) is 0.689. The van der Waals surface area contributed by atoms with Gasteiger partial charge in [-0.2, -0.15) is 11.8 Å². The number of rotatable bonds is 8. The molecular formula is C11H20N2S2. The van der Waals surface area contributed by atoms with E-state index in [1.807, 2.05) is 11.8 Å². The van der Waals surface area contributed by atoms with E-state index in [1.54, 1.807) is 11.3 Å². The van der Waals surface area contributed by atoms with E-state index in [4.69, 9.17) is 5.73 Å². The van der Waals surface area contributed by atoms with Gasteiger partial charge in [0.1, 0.15) is 0 Å². The van der Waals surface area contributed by atoms with E-state index in [0.29, 0.717) is 6.04 Å². The summed E-state index contributed by atoms with van der Waals surface area (Å²) in [5.41, 5.74) is 5.73. The molecule has 1 atom stereocenters. The lowest BCUT2D eigenvalue weighted by Gasteiger charge is -2.15. The SMILES string of the molecule is CSCCCC(CN)NCc1cccs1. The highest BCUT2D eigenvalue weighted by molar-refractivity contribution is 7.98. The van der Waals surface area contributed by atoms with Crippen LogP contribution in [0.1, 0.15) is 17.7 Å². The molecule has 0 aromatic carbocycles. The molecule has 1 unspecified atom stereocenters. The summed E-state index contributed by atoms with van der Waals surface area (Å²) in [6.07, 6.45) is 4.58. The van der Waals surface area contributed by atoms with E-state index in [-0.39, 0.29) is 0 Å². The summed E-state index contributed by atoms with van der Waals surface area (Å²) >= 11 is 3.70. The average Bonchev–Trinajstić information content (AvgIpc) is 2.76. The standard InChI is InChI=1S/C11H20N2S2/c1-14-6-2-4-10(8-12)13-9-11-5-3-7-15-11/h3,5,7,10,13H,2,4,6,8-9,12H2,1H3. The van der Waals surface area contributed by atoms with Crippen LogP contribution in [0.15, 0.2) is 17.5 Å². The van der Waals surface area contributed by atoms with Crippen molar-refractivity contribution in [2.75, 3.05) is 18.6 Å². The molecule has 1 heterocycles. The molecule has 3 N–H and O–H groups in total. The lowest BCUT2D eigenvalue weighted by atomic mass is 10.1. The monoisotopic (exact) mass is 244 g/mol. The zero-order valence-electron chi connectivity index (χ0n) is 9.24. The highest BCUT2D eigenvalue weighted by Gasteiger charge is 2.05. The van der Waals surface area contributed by atoms with Crippen molar-refractivity contribution in [1.29, 1.82) is 0 Å². The Morgan fingerprint density at radius 1 is 1.60 bits per heavy atom. The third-order valence-electron chi connectivity index (χ3n) is 2.33. The van der Waals surface area contributed by atoms with Gasteiger partial charge in [0.25, 0.3) is 0 Å². The van der Waals surface area contributed by atoms with Crippen LogP contribution in [0.4, 0.5) is 0 Å². The van der Waals surface area contributed by atoms with E-state index in [2.05, 4.69) is 29.1 Å². The molecule has 0 radical (unpaired) electrons. The minimum Gasteiger partial charge on any atom is -0.329 e. The third-order valence-corrected chi connectivity index (χ3v) is 3.90. The second-order valence-corrected chi connectivity index (χ2v) is 5.55. The molecule has 0 aliphatic rings. The van der Waals surface area contributed by atoms with Crippen LogP contribution in [0.2, 0.25) is 0 Å². The third kappa shape index (κ3) is 5.56. The zero-order valence-corrected chi connectivity index (χ0v) is 10.9. The first-order chi connectivity index (χ1) is 7.36. The average molecular weight is 244 g/mol. The van der Waals surface area contributed by atoms with Crippen LogP contribution < -0.4 is 11.1 Å². The molecular weight excluding hydrogens is 224 g/mol. The number of thioether (sulfide) groups is 1. The fourth-order valence-corrected chi connectivity index (χ4v) is 2.55. The number of hydrogen-bond donors (Lipinski definition) is 2. The van der Waals surface area contributed by atoms with Crippen molar-refractivity contribution < 1.29 is 0 Å². The van der Waals surface area contributed by atoms with E-state index < -0.39 is 0 Å². The van der Waals surface area contributed by atoms with Gasteiger partial charge in [0, 0.05) is 24.0 Å². The Bertz CT molecular complexity index is 237. The molecule has 4 heteroatoms. The molecule has 0 saturated heterocycles. The number of nitrogens with one attached hydrogen (secondary N) is 1. The molecule has 0 spiro atoms. The largest absolute Gasteiger partial charge is 0.329 e. The summed E-state index contributed by atoms with van der Waals surface area (Å²) < 4.78 is 0. The van der Waals surface area contributed by atoms with Crippen LogP contribution in [0.5, 0.6) is 0 Å². The van der Waals surface area contributed by atoms with Crippen LogP contribution >= 0.6 is 23.1 Å².